The average molecular weight is 389 g/mol. The fourth-order valence-corrected chi connectivity index (χ4v) is 3.12. The van der Waals surface area contributed by atoms with Gasteiger partial charge < -0.3 is 10.1 Å². The van der Waals surface area contributed by atoms with Gasteiger partial charge in [-0.05, 0) is 17.5 Å². The lowest BCUT2D eigenvalue weighted by Crippen LogP contribution is -2.46. The van der Waals surface area contributed by atoms with Crippen molar-refractivity contribution in [3.63, 3.8) is 0 Å². The molecule has 0 aromatic heterocycles. The summed E-state index contributed by atoms with van der Waals surface area (Å²) in [5, 5.41) is 2.69. The van der Waals surface area contributed by atoms with Crippen LogP contribution in [-0.4, -0.2) is 32.9 Å². The molecule has 2 atom stereocenters. The summed E-state index contributed by atoms with van der Waals surface area (Å²) < 4.78 is 33.4. The number of amides is 1. The zero-order chi connectivity index (χ0) is 19.7. The lowest BCUT2D eigenvalue weighted by atomic mass is 10.0. The van der Waals surface area contributed by atoms with Crippen LogP contribution in [0, 0.1) is 0 Å². The molecule has 0 radical (unpaired) electrons. The van der Waals surface area contributed by atoms with Crippen molar-refractivity contribution < 1.29 is 22.1 Å². The van der Waals surface area contributed by atoms with Crippen LogP contribution in [0.2, 0.25) is 0 Å². The van der Waals surface area contributed by atoms with Crippen LogP contribution in [0.15, 0.2) is 73.3 Å². The molecule has 2 rings (SSSR count). The molecule has 0 saturated carbocycles. The van der Waals surface area contributed by atoms with Crippen LogP contribution in [0.5, 0.6) is 0 Å². The number of ether oxygens (including phenoxy) is 1. The van der Waals surface area contributed by atoms with Crippen LogP contribution in [0.3, 0.4) is 0 Å². The molecule has 0 spiro atoms. The van der Waals surface area contributed by atoms with Crippen LogP contribution in [0.4, 0.5) is 4.79 Å². The van der Waals surface area contributed by atoms with Gasteiger partial charge in [-0.3, -0.25) is 4.18 Å². The lowest BCUT2D eigenvalue weighted by Gasteiger charge is -2.25. The Hall–Kier alpha value is -2.64. The molecule has 0 bridgehead atoms. The van der Waals surface area contributed by atoms with Crippen molar-refractivity contribution >= 4 is 16.2 Å². The zero-order valence-corrected chi connectivity index (χ0v) is 15.9. The number of rotatable bonds is 9. The van der Waals surface area contributed by atoms with Crippen molar-refractivity contribution in [1.82, 2.24) is 5.32 Å². The highest BCUT2D eigenvalue weighted by Gasteiger charge is 2.26. The number of alkyl carbamates (subject to hydrolysis) is 1. The van der Waals surface area contributed by atoms with E-state index in [2.05, 4.69) is 11.9 Å². The van der Waals surface area contributed by atoms with Crippen LogP contribution in [-0.2, 0) is 32.1 Å². The van der Waals surface area contributed by atoms with E-state index >= 15 is 0 Å². The van der Waals surface area contributed by atoms with E-state index < -0.39 is 28.4 Å². The van der Waals surface area contributed by atoms with Gasteiger partial charge in [-0.25, -0.2) is 4.79 Å². The fraction of sp³-hybridized carbons (Fsp3) is 0.250. The molecule has 1 unspecified atom stereocenters. The lowest BCUT2D eigenvalue weighted by molar-refractivity contribution is 0.124. The molecule has 27 heavy (non-hydrogen) atoms. The molecule has 144 valence electrons. The maximum Gasteiger partial charge on any atom is 0.407 e. The quantitative estimate of drug-likeness (QED) is 0.527. The Labute approximate surface area is 159 Å². The fourth-order valence-electron chi connectivity index (χ4n) is 2.51. The zero-order valence-electron chi connectivity index (χ0n) is 15.1. The van der Waals surface area contributed by atoms with Crippen LogP contribution in [0.1, 0.15) is 11.1 Å². The van der Waals surface area contributed by atoms with Gasteiger partial charge in [0, 0.05) is 0 Å². The van der Waals surface area contributed by atoms with E-state index in [-0.39, 0.29) is 6.61 Å². The molecule has 6 nitrogen and oxygen atoms in total. The van der Waals surface area contributed by atoms with Gasteiger partial charge in [-0.15, -0.1) is 6.58 Å². The van der Waals surface area contributed by atoms with Crippen molar-refractivity contribution in [1.29, 1.82) is 0 Å². The topological polar surface area (TPSA) is 81.7 Å². The van der Waals surface area contributed by atoms with Gasteiger partial charge >= 0.3 is 6.09 Å². The molecule has 0 heterocycles. The summed E-state index contributed by atoms with van der Waals surface area (Å²) in [7, 11) is -3.73. The summed E-state index contributed by atoms with van der Waals surface area (Å²) in [4.78, 5) is 12.2. The smallest absolute Gasteiger partial charge is 0.407 e. The molecule has 0 aliphatic carbocycles. The van der Waals surface area contributed by atoms with Crippen LogP contribution >= 0.6 is 0 Å². The van der Waals surface area contributed by atoms with Gasteiger partial charge in [-0.2, -0.15) is 8.42 Å². The van der Waals surface area contributed by atoms with E-state index in [0.717, 1.165) is 17.4 Å². The number of nitrogens with one attached hydrogen (secondary N) is 1. The molecule has 1 N–H and O–H groups in total. The Kier molecular flexibility index (Phi) is 7.57. The average Bonchev–Trinajstić information content (AvgIpc) is 2.65. The first-order chi connectivity index (χ1) is 12.9. The van der Waals surface area contributed by atoms with Crippen LogP contribution < -0.4 is 5.32 Å². The second-order valence-electron chi connectivity index (χ2n) is 6.00. The van der Waals surface area contributed by atoms with E-state index in [4.69, 9.17) is 8.92 Å². The third-order valence-corrected chi connectivity index (χ3v) is 4.30. The molecule has 2 aromatic carbocycles. The van der Waals surface area contributed by atoms with E-state index in [9.17, 15) is 13.2 Å². The minimum atomic E-state index is -3.73. The Bertz CT molecular complexity index is 837. The van der Waals surface area contributed by atoms with Crippen LogP contribution in [0.25, 0.3) is 0 Å². The highest BCUT2D eigenvalue weighted by Crippen LogP contribution is 2.12. The number of hydrogen-bond donors (Lipinski definition) is 1. The van der Waals surface area contributed by atoms with Gasteiger partial charge in [0.1, 0.15) is 12.7 Å². The second kappa shape index (κ2) is 9.89. The third kappa shape index (κ3) is 7.64. The Morgan fingerprint density at radius 3 is 2.15 bits per heavy atom. The summed E-state index contributed by atoms with van der Waals surface area (Å²) in [6.07, 6.45) is 1.07. The summed E-state index contributed by atoms with van der Waals surface area (Å²) in [5.41, 5.74) is 1.76. The summed E-state index contributed by atoms with van der Waals surface area (Å²) in [6.45, 7) is 3.73. The highest BCUT2D eigenvalue weighted by atomic mass is 32.2. The highest BCUT2D eigenvalue weighted by molar-refractivity contribution is 7.86. The Morgan fingerprint density at radius 1 is 1.07 bits per heavy atom. The monoisotopic (exact) mass is 389 g/mol. The summed E-state index contributed by atoms with van der Waals surface area (Å²) >= 11 is 0. The first-order valence-corrected chi connectivity index (χ1v) is 10.2. The van der Waals surface area contributed by atoms with Gasteiger partial charge in [0.25, 0.3) is 10.1 Å². The maximum atomic E-state index is 12.2. The largest absolute Gasteiger partial charge is 0.445 e. The Balaban J connectivity index is 2.07. The molecule has 7 heteroatoms. The summed E-state index contributed by atoms with van der Waals surface area (Å²) in [5.74, 6) is 0. The molecule has 0 aliphatic rings. The normalized spacial score (nSPS) is 13.4. The predicted octanol–water partition coefficient (Wildman–Crippen LogP) is 3.05. The van der Waals surface area contributed by atoms with Crippen molar-refractivity contribution in [2.45, 2.75) is 25.2 Å². The molecule has 2 aromatic rings. The van der Waals surface area contributed by atoms with Crippen molar-refractivity contribution in [2.75, 3.05) is 6.26 Å². The standard InChI is InChI=1S/C20H23NO5S/c1-3-19(26-27(2,23)24)18(14-16-10-6-4-7-11-16)21-20(22)25-15-17-12-8-5-9-13-17/h3-13,18-19H,1,14-15H2,2H3,(H,21,22)/t18-,19?/m1/s1. The van der Waals surface area contributed by atoms with E-state index in [1.807, 2.05) is 60.7 Å². The first kappa shape index (κ1) is 20.7. The number of carbonyl (C=O) groups excluding carboxylic acids is 1. The molecule has 0 saturated heterocycles. The van der Waals surface area contributed by atoms with Crippen molar-refractivity contribution in [3.05, 3.63) is 84.4 Å². The van der Waals surface area contributed by atoms with Crippen molar-refractivity contribution in [3.8, 4) is 0 Å². The number of benzene rings is 2. The third-order valence-electron chi connectivity index (χ3n) is 3.73. The summed E-state index contributed by atoms with van der Waals surface area (Å²) in [6, 6.07) is 17.9. The maximum absolute atomic E-state index is 12.2. The molecule has 1 amide bonds. The molecule has 0 aliphatic heterocycles. The SMILES string of the molecule is C=CC(OS(C)(=O)=O)[C@@H](Cc1ccccc1)NC(=O)OCc1ccccc1. The van der Waals surface area contributed by atoms with Gasteiger partial charge in [0.05, 0.1) is 12.3 Å². The molecular formula is C20H23NO5S. The minimum absolute atomic E-state index is 0.108. The number of carbonyl (C=O) groups is 1. The van der Waals surface area contributed by atoms with Gasteiger partial charge in [-0.1, -0.05) is 66.7 Å². The van der Waals surface area contributed by atoms with Gasteiger partial charge in [0.15, 0.2) is 0 Å². The van der Waals surface area contributed by atoms with Gasteiger partial charge in [0.2, 0.25) is 0 Å². The molecular weight excluding hydrogens is 366 g/mol. The predicted molar refractivity (Wildman–Crippen MR) is 104 cm³/mol. The number of hydrogen-bond acceptors (Lipinski definition) is 5. The van der Waals surface area contributed by atoms with E-state index in [1.54, 1.807) is 0 Å². The minimum Gasteiger partial charge on any atom is -0.445 e. The molecule has 0 fully saturated rings. The van der Waals surface area contributed by atoms with Crippen molar-refractivity contribution in [2.24, 2.45) is 0 Å². The second-order valence-corrected chi connectivity index (χ2v) is 7.60. The Morgan fingerprint density at radius 2 is 1.63 bits per heavy atom. The first-order valence-electron chi connectivity index (χ1n) is 8.39. The van der Waals surface area contributed by atoms with E-state index in [0.29, 0.717) is 6.42 Å². The van der Waals surface area contributed by atoms with E-state index in [1.165, 1.54) is 6.08 Å².